The number of ether oxygens (including phenoxy) is 1. The monoisotopic (exact) mass is 290 g/mol. The van der Waals surface area contributed by atoms with Gasteiger partial charge in [0.25, 0.3) is 0 Å². The SMILES string of the molecule is CCC1COC(C)CN1C(C(C)C)C(N)c1ccccc1. The Hall–Kier alpha value is -0.900. The van der Waals surface area contributed by atoms with Crippen LogP contribution < -0.4 is 5.73 Å². The van der Waals surface area contributed by atoms with Gasteiger partial charge >= 0.3 is 0 Å². The molecule has 0 radical (unpaired) electrons. The summed E-state index contributed by atoms with van der Waals surface area (Å²) in [5.41, 5.74) is 7.88. The van der Waals surface area contributed by atoms with Gasteiger partial charge < -0.3 is 10.5 Å². The van der Waals surface area contributed by atoms with Crippen molar-refractivity contribution in [2.75, 3.05) is 13.2 Å². The van der Waals surface area contributed by atoms with E-state index in [1.165, 1.54) is 5.56 Å². The molecule has 118 valence electrons. The molecule has 1 heterocycles. The van der Waals surface area contributed by atoms with Crippen LogP contribution >= 0.6 is 0 Å². The molecule has 1 aliphatic heterocycles. The van der Waals surface area contributed by atoms with E-state index in [1.54, 1.807) is 0 Å². The smallest absolute Gasteiger partial charge is 0.0674 e. The lowest BCUT2D eigenvalue weighted by atomic mass is 9.88. The van der Waals surface area contributed by atoms with Crippen LogP contribution in [0.4, 0.5) is 0 Å². The van der Waals surface area contributed by atoms with Crippen LogP contribution in [0.15, 0.2) is 30.3 Å². The number of nitrogens with two attached hydrogens (primary N) is 1. The molecule has 0 spiro atoms. The van der Waals surface area contributed by atoms with Crippen molar-refractivity contribution in [1.82, 2.24) is 4.90 Å². The quantitative estimate of drug-likeness (QED) is 0.905. The molecule has 0 bridgehead atoms. The number of morpholine rings is 1. The number of nitrogens with zero attached hydrogens (tertiary/aromatic N) is 1. The molecule has 1 aromatic carbocycles. The predicted molar refractivity (Wildman–Crippen MR) is 88.2 cm³/mol. The molecule has 4 atom stereocenters. The first-order chi connectivity index (χ1) is 10.0. The lowest BCUT2D eigenvalue weighted by Gasteiger charge is -2.46. The fourth-order valence-electron chi connectivity index (χ4n) is 3.46. The van der Waals surface area contributed by atoms with Crippen LogP contribution in [-0.2, 0) is 4.74 Å². The van der Waals surface area contributed by atoms with Gasteiger partial charge in [0.05, 0.1) is 12.7 Å². The Kier molecular flexibility index (Phi) is 5.80. The van der Waals surface area contributed by atoms with Gasteiger partial charge in [-0.3, -0.25) is 4.90 Å². The minimum atomic E-state index is 0.0468. The van der Waals surface area contributed by atoms with E-state index >= 15 is 0 Å². The second kappa shape index (κ2) is 7.39. The van der Waals surface area contributed by atoms with E-state index in [0.717, 1.165) is 19.6 Å². The van der Waals surface area contributed by atoms with Gasteiger partial charge in [0, 0.05) is 24.7 Å². The van der Waals surface area contributed by atoms with Crippen molar-refractivity contribution < 1.29 is 4.74 Å². The highest BCUT2D eigenvalue weighted by atomic mass is 16.5. The number of hydrogen-bond donors (Lipinski definition) is 1. The van der Waals surface area contributed by atoms with Gasteiger partial charge in [-0.05, 0) is 24.8 Å². The van der Waals surface area contributed by atoms with E-state index in [2.05, 4.69) is 56.9 Å². The van der Waals surface area contributed by atoms with E-state index in [1.807, 2.05) is 6.07 Å². The van der Waals surface area contributed by atoms with E-state index in [4.69, 9.17) is 10.5 Å². The zero-order valence-corrected chi connectivity index (χ0v) is 13.8. The Morgan fingerprint density at radius 3 is 2.52 bits per heavy atom. The molecular formula is C18H30N2O. The van der Waals surface area contributed by atoms with Crippen LogP contribution in [0.2, 0.25) is 0 Å². The van der Waals surface area contributed by atoms with Crippen molar-refractivity contribution in [3.05, 3.63) is 35.9 Å². The fourth-order valence-corrected chi connectivity index (χ4v) is 3.46. The summed E-state index contributed by atoms with van der Waals surface area (Å²) in [6.07, 6.45) is 1.40. The Morgan fingerprint density at radius 1 is 1.29 bits per heavy atom. The van der Waals surface area contributed by atoms with E-state index < -0.39 is 0 Å². The fraction of sp³-hybridized carbons (Fsp3) is 0.667. The summed E-state index contributed by atoms with van der Waals surface area (Å²) >= 11 is 0. The van der Waals surface area contributed by atoms with Gasteiger partial charge in [0.1, 0.15) is 0 Å². The third kappa shape index (κ3) is 3.85. The van der Waals surface area contributed by atoms with E-state index in [9.17, 15) is 0 Å². The molecule has 1 aromatic rings. The van der Waals surface area contributed by atoms with Gasteiger partial charge in [0.15, 0.2) is 0 Å². The van der Waals surface area contributed by atoms with Crippen LogP contribution in [0.25, 0.3) is 0 Å². The number of benzene rings is 1. The molecule has 21 heavy (non-hydrogen) atoms. The largest absolute Gasteiger partial charge is 0.376 e. The minimum Gasteiger partial charge on any atom is -0.376 e. The summed E-state index contributed by atoms with van der Waals surface area (Å²) < 4.78 is 5.84. The molecule has 0 aromatic heterocycles. The number of rotatable bonds is 5. The molecule has 3 heteroatoms. The first kappa shape index (κ1) is 16.5. The molecule has 0 aliphatic carbocycles. The maximum absolute atomic E-state index is 6.65. The van der Waals surface area contributed by atoms with Gasteiger partial charge in [-0.1, -0.05) is 51.1 Å². The third-order valence-electron chi connectivity index (χ3n) is 4.60. The average molecular weight is 290 g/mol. The van der Waals surface area contributed by atoms with Crippen molar-refractivity contribution in [1.29, 1.82) is 0 Å². The summed E-state index contributed by atoms with van der Waals surface area (Å²) in [5.74, 6) is 0.513. The maximum Gasteiger partial charge on any atom is 0.0674 e. The van der Waals surface area contributed by atoms with Crippen molar-refractivity contribution in [2.24, 2.45) is 11.7 Å². The Morgan fingerprint density at radius 2 is 1.95 bits per heavy atom. The predicted octanol–water partition coefficient (Wildman–Crippen LogP) is 3.21. The molecule has 0 amide bonds. The van der Waals surface area contributed by atoms with Gasteiger partial charge in [-0.15, -0.1) is 0 Å². The summed E-state index contributed by atoms with van der Waals surface area (Å²) in [6, 6.07) is 11.4. The van der Waals surface area contributed by atoms with Crippen LogP contribution in [-0.4, -0.2) is 36.2 Å². The molecule has 1 saturated heterocycles. The van der Waals surface area contributed by atoms with Crippen molar-refractivity contribution in [2.45, 2.75) is 58.3 Å². The van der Waals surface area contributed by atoms with E-state index in [-0.39, 0.29) is 12.1 Å². The molecule has 3 nitrogen and oxygen atoms in total. The molecule has 2 rings (SSSR count). The molecule has 1 fully saturated rings. The van der Waals surface area contributed by atoms with E-state index in [0.29, 0.717) is 18.0 Å². The van der Waals surface area contributed by atoms with Crippen LogP contribution in [0.5, 0.6) is 0 Å². The van der Waals surface area contributed by atoms with Crippen molar-refractivity contribution in [3.8, 4) is 0 Å². The third-order valence-corrected chi connectivity index (χ3v) is 4.60. The highest BCUT2D eigenvalue weighted by Crippen LogP contribution is 2.29. The minimum absolute atomic E-state index is 0.0468. The zero-order valence-electron chi connectivity index (χ0n) is 13.8. The highest BCUT2D eigenvalue weighted by Gasteiger charge is 2.36. The zero-order chi connectivity index (χ0) is 15.4. The molecule has 1 aliphatic rings. The highest BCUT2D eigenvalue weighted by molar-refractivity contribution is 5.20. The van der Waals surface area contributed by atoms with Gasteiger partial charge in [-0.2, -0.15) is 0 Å². The van der Waals surface area contributed by atoms with Crippen molar-refractivity contribution in [3.63, 3.8) is 0 Å². The molecule has 4 unspecified atom stereocenters. The number of hydrogen-bond acceptors (Lipinski definition) is 3. The average Bonchev–Trinajstić information content (AvgIpc) is 2.48. The molecular weight excluding hydrogens is 260 g/mol. The molecule has 0 saturated carbocycles. The topological polar surface area (TPSA) is 38.5 Å². The summed E-state index contributed by atoms with van der Waals surface area (Å²) in [6.45, 7) is 10.7. The Balaban J connectivity index is 2.24. The second-order valence-electron chi connectivity index (χ2n) is 6.57. The van der Waals surface area contributed by atoms with Crippen LogP contribution in [0.1, 0.15) is 45.7 Å². The van der Waals surface area contributed by atoms with Gasteiger partial charge in [0.2, 0.25) is 0 Å². The summed E-state index contributed by atoms with van der Waals surface area (Å²) in [5, 5.41) is 0. The van der Waals surface area contributed by atoms with Crippen LogP contribution in [0.3, 0.4) is 0 Å². The summed E-state index contributed by atoms with van der Waals surface area (Å²) in [4.78, 5) is 2.59. The van der Waals surface area contributed by atoms with Crippen LogP contribution in [0, 0.1) is 5.92 Å². The second-order valence-corrected chi connectivity index (χ2v) is 6.57. The first-order valence-electron chi connectivity index (χ1n) is 8.22. The standard InChI is InChI=1S/C18H30N2O/c1-5-16-12-21-14(4)11-20(16)18(13(2)3)17(19)15-9-7-6-8-10-15/h6-10,13-14,16-18H,5,11-12,19H2,1-4H3. The Bertz CT molecular complexity index is 420. The molecule has 2 N–H and O–H groups in total. The van der Waals surface area contributed by atoms with Crippen molar-refractivity contribution >= 4 is 0 Å². The van der Waals surface area contributed by atoms with Gasteiger partial charge in [-0.25, -0.2) is 0 Å². The lowest BCUT2D eigenvalue weighted by Crippen LogP contribution is -2.57. The normalized spacial score (nSPS) is 26.8. The lowest BCUT2D eigenvalue weighted by molar-refractivity contribution is -0.0837. The summed E-state index contributed by atoms with van der Waals surface area (Å²) in [7, 11) is 0. The Labute approximate surface area is 129 Å². The first-order valence-corrected chi connectivity index (χ1v) is 8.22. The maximum atomic E-state index is 6.65.